The number of anilines is 1. The molecule has 3 heterocycles. The first-order valence-electron chi connectivity index (χ1n) is 10.6. The van der Waals surface area contributed by atoms with E-state index in [1.807, 2.05) is 25.1 Å². The number of halogens is 3. The highest BCUT2D eigenvalue weighted by atomic mass is 19.4. The van der Waals surface area contributed by atoms with E-state index in [0.29, 0.717) is 24.0 Å². The number of hydrogen-bond donors (Lipinski definition) is 0. The lowest BCUT2D eigenvalue weighted by Crippen LogP contribution is -2.38. The molecule has 0 fully saturated rings. The summed E-state index contributed by atoms with van der Waals surface area (Å²) in [6, 6.07) is 8.67. The van der Waals surface area contributed by atoms with Crippen LogP contribution in [0, 0.1) is 6.92 Å². The van der Waals surface area contributed by atoms with Gasteiger partial charge in [-0.3, -0.25) is 19.3 Å². The third-order valence-electron chi connectivity index (χ3n) is 6.04. The summed E-state index contributed by atoms with van der Waals surface area (Å²) in [6.45, 7) is 2.21. The summed E-state index contributed by atoms with van der Waals surface area (Å²) in [4.78, 5) is 31.1. The molecule has 0 spiro atoms. The summed E-state index contributed by atoms with van der Waals surface area (Å²) < 4.78 is 42.1. The Morgan fingerprint density at radius 2 is 1.82 bits per heavy atom. The first-order chi connectivity index (χ1) is 16.2. The van der Waals surface area contributed by atoms with Crippen LogP contribution in [0.15, 0.2) is 48.9 Å². The number of pyridine rings is 1. The predicted octanol–water partition coefficient (Wildman–Crippen LogP) is 4.98. The van der Waals surface area contributed by atoms with Crippen molar-refractivity contribution in [3.8, 4) is 11.1 Å². The Bertz CT molecular complexity index is 1470. The molecule has 0 aliphatic carbocycles. The lowest BCUT2D eigenvalue weighted by atomic mass is 9.88. The summed E-state index contributed by atoms with van der Waals surface area (Å²) in [5.41, 5.74) is 1.41. The topological polar surface area (TPSA) is 68.1 Å². The molecular formula is C25H19F3N4O2. The van der Waals surface area contributed by atoms with Crippen molar-refractivity contribution in [1.29, 1.82) is 0 Å². The molecule has 0 atom stereocenters. The van der Waals surface area contributed by atoms with E-state index in [2.05, 4.69) is 10.1 Å². The van der Waals surface area contributed by atoms with Crippen LogP contribution in [0.3, 0.4) is 0 Å². The molecule has 2 aromatic heterocycles. The molecule has 9 heteroatoms. The SMILES string of the molecule is Cc1ccc2cncc(N3CCc4c(cc(C=O)cc4-c4cn(C)nc4C(F)(F)F)C3=O)c2c1. The lowest BCUT2D eigenvalue weighted by Gasteiger charge is -2.31. The molecule has 2 aromatic carbocycles. The third kappa shape index (κ3) is 3.53. The number of carbonyl (C=O) groups excluding carboxylic acids is 2. The fourth-order valence-electron chi connectivity index (χ4n) is 4.54. The molecule has 0 saturated carbocycles. The van der Waals surface area contributed by atoms with E-state index in [9.17, 15) is 22.8 Å². The number of amides is 1. The summed E-state index contributed by atoms with van der Waals surface area (Å²) in [6.07, 6.45) is 0.744. The van der Waals surface area contributed by atoms with Crippen LogP contribution in [-0.2, 0) is 19.6 Å². The first kappa shape index (κ1) is 21.8. The van der Waals surface area contributed by atoms with Gasteiger partial charge in [0, 0.05) is 53.4 Å². The normalized spacial score (nSPS) is 13.9. The van der Waals surface area contributed by atoms with Crippen LogP contribution in [0.25, 0.3) is 21.9 Å². The molecule has 4 aromatic rings. The minimum atomic E-state index is -4.68. The van der Waals surface area contributed by atoms with E-state index in [-0.39, 0.29) is 34.7 Å². The van der Waals surface area contributed by atoms with Gasteiger partial charge in [0.15, 0.2) is 5.69 Å². The van der Waals surface area contributed by atoms with Crippen LogP contribution < -0.4 is 4.90 Å². The van der Waals surface area contributed by atoms with Gasteiger partial charge in [0.2, 0.25) is 0 Å². The predicted molar refractivity (Wildman–Crippen MR) is 121 cm³/mol. The number of nitrogens with zero attached hydrogens (tertiary/aromatic N) is 4. The second-order valence-electron chi connectivity index (χ2n) is 8.37. The summed E-state index contributed by atoms with van der Waals surface area (Å²) in [5.74, 6) is -0.389. The highest BCUT2D eigenvalue weighted by Gasteiger charge is 2.39. The number of aryl methyl sites for hydroxylation is 2. The Kier molecular flexibility index (Phi) is 5.00. The van der Waals surface area contributed by atoms with Gasteiger partial charge in [-0.2, -0.15) is 18.3 Å². The zero-order chi connectivity index (χ0) is 24.2. The minimum absolute atomic E-state index is 0.118. The molecule has 5 rings (SSSR count). The summed E-state index contributed by atoms with van der Waals surface area (Å²) >= 11 is 0. The Morgan fingerprint density at radius 1 is 1.06 bits per heavy atom. The molecule has 6 nitrogen and oxygen atoms in total. The van der Waals surface area contributed by atoms with Crippen LogP contribution in [0.5, 0.6) is 0 Å². The highest BCUT2D eigenvalue weighted by Crippen LogP contribution is 2.40. The largest absolute Gasteiger partial charge is 0.435 e. The molecule has 172 valence electrons. The van der Waals surface area contributed by atoms with Crippen molar-refractivity contribution in [2.75, 3.05) is 11.4 Å². The molecule has 1 amide bonds. The van der Waals surface area contributed by atoms with Crippen LogP contribution in [0.1, 0.15) is 37.5 Å². The van der Waals surface area contributed by atoms with E-state index in [4.69, 9.17) is 0 Å². The quantitative estimate of drug-likeness (QED) is 0.401. The van der Waals surface area contributed by atoms with Gasteiger partial charge in [-0.15, -0.1) is 0 Å². The fourth-order valence-corrected chi connectivity index (χ4v) is 4.54. The van der Waals surface area contributed by atoms with E-state index in [1.54, 1.807) is 17.3 Å². The number of rotatable bonds is 3. The number of fused-ring (bicyclic) bond motifs is 2. The number of alkyl halides is 3. The minimum Gasteiger partial charge on any atom is -0.306 e. The average Bonchev–Trinajstić information content (AvgIpc) is 3.21. The second kappa shape index (κ2) is 7.79. The molecule has 34 heavy (non-hydrogen) atoms. The van der Waals surface area contributed by atoms with Gasteiger partial charge in [-0.05, 0) is 42.7 Å². The Morgan fingerprint density at radius 3 is 2.56 bits per heavy atom. The standard InChI is InChI=1S/C25H19F3N4O2/c1-14-3-4-16-10-29-11-22(18(16)7-14)32-6-5-17-19(8-15(13-33)9-20(17)24(32)34)21-12-31(2)30-23(21)25(26,27)28/h3-4,7-13H,5-6H2,1-2H3. The Labute approximate surface area is 192 Å². The van der Waals surface area contributed by atoms with Crippen molar-refractivity contribution in [1.82, 2.24) is 14.8 Å². The number of aldehydes is 1. The maximum absolute atomic E-state index is 13.7. The van der Waals surface area contributed by atoms with Crippen LogP contribution in [0.4, 0.5) is 18.9 Å². The number of aromatic nitrogens is 3. The number of carbonyl (C=O) groups is 2. The second-order valence-corrected chi connectivity index (χ2v) is 8.37. The van der Waals surface area contributed by atoms with Gasteiger partial charge in [0.05, 0.1) is 11.9 Å². The lowest BCUT2D eigenvalue weighted by molar-refractivity contribution is -0.140. The van der Waals surface area contributed by atoms with E-state index >= 15 is 0 Å². The van der Waals surface area contributed by atoms with Crippen LogP contribution >= 0.6 is 0 Å². The molecule has 0 radical (unpaired) electrons. The molecule has 0 unspecified atom stereocenters. The maximum atomic E-state index is 13.7. The molecular weight excluding hydrogens is 445 g/mol. The van der Waals surface area contributed by atoms with E-state index < -0.39 is 11.9 Å². The Hall–Kier alpha value is -4.01. The van der Waals surface area contributed by atoms with Crippen molar-refractivity contribution in [3.63, 3.8) is 0 Å². The van der Waals surface area contributed by atoms with Gasteiger partial charge in [0.25, 0.3) is 5.91 Å². The Balaban J connectivity index is 1.68. The fraction of sp³-hybridized carbons (Fsp3) is 0.200. The number of benzene rings is 2. The van der Waals surface area contributed by atoms with Crippen molar-refractivity contribution in [2.45, 2.75) is 19.5 Å². The van der Waals surface area contributed by atoms with E-state index in [1.165, 1.54) is 25.4 Å². The molecule has 1 aliphatic rings. The molecule has 1 aliphatic heterocycles. The van der Waals surface area contributed by atoms with Crippen LogP contribution in [-0.4, -0.2) is 33.5 Å². The highest BCUT2D eigenvalue weighted by molar-refractivity contribution is 6.13. The third-order valence-corrected chi connectivity index (χ3v) is 6.04. The van der Waals surface area contributed by atoms with Crippen molar-refractivity contribution >= 4 is 28.7 Å². The maximum Gasteiger partial charge on any atom is 0.435 e. The molecule has 0 N–H and O–H groups in total. The van der Waals surface area contributed by atoms with Gasteiger partial charge < -0.3 is 4.90 Å². The average molecular weight is 464 g/mol. The van der Waals surface area contributed by atoms with Gasteiger partial charge >= 0.3 is 6.18 Å². The van der Waals surface area contributed by atoms with Crippen molar-refractivity contribution in [3.05, 3.63) is 76.9 Å². The van der Waals surface area contributed by atoms with Gasteiger partial charge in [0.1, 0.15) is 6.29 Å². The van der Waals surface area contributed by atoms with E-state index in [0.717, 1.165) is 21.0 Å². The monoisotopic (exact) mass is 464 g/mol. The van der Waals surface area contributed by atoms with Crippen molar-refractivity contribution in [2.24, 2.45) is 7.05 Å². The summed E-state index contributed by atoms with van der Waals surface area (Å²) in [5, 5.41) is 5.31. The molecule has 0 bridgehead atoms. The smallest absolute Gasteiger partial charge is 0.306 e. The zero-order valence-corrected chi connectivity index (χ0v) is 18.3. The number of hydrogen-bond acceptors (Lipinski definition) is 4. The van der Waals surface area contributed by atoms with Crippen LogP contribution in [0.2, 0.25) is 0 Å². The van der Waals surface area contributed by atoms with Gasteiger partial charge in [-0.25, -0.2) is 0 Å². The molecule has 0 saturated heterocycles. The summed E-state index contributed by atoms with van der Waals surface area (Å²) in [7, 11) is 1.40. The van der Waals surface area contributed by atoms with Gasteiger partial charge in [-0.1, -0.05) is 17.7 Å². The zero-order valence-electron chi connectivity index (χ0n) is 18.3. The first-order valence-corrected chi connectivity index (χ1v) is 10.6. The van der Waals surface area contributed by atoms with Crippen molar-refractivity contribution < 1.29 is 22.8 Å².